The first-order valence-electron chi connectivity index (χ1n) is 5.73. The van der Waals surface area contributed by atoms with Crippen molar-refractivity contribution in [3.63, 3.8) is 0 Å². The van der Waals surface area contributed by atoms with E-state index in [1.54, 1.807) is 0 Å². The number of aliphatic imine (C=N–C) groups is 1. The average Bonchev–Trinajstić information content (AvgIpc) is 2.63. The molecule has 2 rings (SSSR count). The molecular formula is C13H16N2OS. The third-order valence-electron chi connectivity index (χ3n) is 2.72. The SMILES string of the molecule is CC[C@@H]1SC(=Nc2ccc(C)cc2C)NC1=O. The molecule has 1 saturated heterocycles. The number of benzene rings is 1. The van der Waals surface area contributed by atoms with Crippen LogP contribution in [-0.2, 0) is 4.79 Å². The molecule has 1 N–H and O–H groups in total. The fraction of sp³-hybridized carbons (Fsp3) is 0.385. The van der Waals surface area contributed by atoms with E-state index in [0.29, 0.717) is 5.17 Å². The average molecular weight is 248 g/mol. The highest BCUT2D eigenvalue weighted by atomic mass is 32.2. The van der Waals surface area contributed by atoms with E-state index in [-0.39, 0.29) is 11.2 Å². The fourth-order valence-corrected chi connectivity index (χ4v) is 2.68. The Morgan fingerprint density at radius 2 is 2.18 bits per heavy atom. The second-order valence-electron chi connectivity index (χ2n) is 4.21. The van der Waals surface area contributed by atoms with Crippen molar-refractivity contribution in [1.82, 2.24) is 5.32 Å². The Balaban J connectivity index is 2.23. The van der Waals surface area contributed by atoms with Crippen LogP contribution in [0.15, 0.2) is 23.2 Å². The van der Waals surface area contributed by atoms with Crippen LogP contribution >= 0.6 is 11.8 Å². The fourth-order valence-electron chi connectivity index (χ4n) is 1.77. The summed E-state index contributed by atoms with van der Waals surface area (Å²) in [5.74, 6) is 0.0704. The smallest absolute Gasteiger partial charge is 0.239 e. The first-order valence-corrected chi connectivity index (χ1v) is 6.61. The van der Waals surface area contributed by atoms with Gasteiger partial charge in [0.15, 0.2) is 5.17 Å². The van der Waals surface area contributed by atoms with Crippen molar-refractivity contribution in [2.24, 2.45) is 4.99 Å². The van der Waals surface area contributed by atoms with Crippen LogP contribution in [-0.4, -0.2) is 16.3 Å². The third kappa shape index (κ3) is 2.69. The molecule has 1 aliphatic rings. The molecule has 1 aromatic carbocycles. The molecule has 0 aromatic heterocycles. The number of amidine groups is 1. The van der Waals surface area contributed by atoms with E-state index in [1.807, 2.05) is 26.0 Å². The molecule has 1 aromatic rings. The van der Waals surface area contributed by atoms with Gasteiger partial charge in [-0.25, -0.2) is 4.99 Å². The molecule has 1 amide bonds. The molecule has 90 valence electrons. The van der Waals surface area contributed by atoms with E-state index in [1.165, 1.54) is 17.3 Å². The maximum absolute atomic E-state index is 11.5. The van der Waals surface area contributed by atoms with Gasteiger partial charge < -0.3 is 5.32 Å². The third-order valence-corrected chi connectivity index (χ3v) is 3.97. The maximum atomic E-state index is 11.5. The highest BCUT2D eigenvalue weighted by Gasteiger charge is 2.28. The highest BCUT2D eigenvalue weighted by molar-refractivity contribution is 8.15. The molecule has 1 fully saturated rings. The molecule has 0 bridgehead atoms. The van der Waals surface area contributed by atoms with Gasteiger partial charge in [0.25, 0.3) is 0 Å². The maximum Gasteiger partial charge on any atom is 0.239 e. The lowest BCUT2D eigenvalue weighted by Gasteiger charge is -2.02. The number of hydrogen-bond donors (Lipinski definition) is 1. The number of carbonyl (C=O) groups is 1. The van der Waals surface area contributed by atoms with E-state index < -0.39 is 0 Å². The van der Waals surface area contributed by atoms with Crippen LogP contribution < -0.4 is 5.32 Å². The Morgan fingerprint density at radius 1 is 1.41 bits per heavy atom. The molecule has 0 aliphatic carbocycles. The zero-order valence-corrected chi connectivity index (χ0v) is 11.1. The number of amides is 1. The van der Waals surface area contributed by atoms with Crippen molar-refractivity contribution in [3.8, 4) is 0 Å². The molecule has 0 spiro atoms. The first-order chi connectivity index (χ1) is 8.10. The first kappa shape index (κ1) is 12.2. The number of carbonyl (C=O) groups excluding carboxylic acids is 1. The summed E-state index contributed by atoms with van der Waals surface area (Å²) in [7, 11) is 0. The van der Waals surface area contributed by atoms with Crippen LogP contribution in [0.4, 0.5) is 5.69 Å². The van der Waals surface area contributed by atoms with Crippen LogP contribution in [0.25, 0.3) is 0 Å². The number of hydrogen-bond acceptors (Lipinski definition) is 3. The zero-order chi connectivity index (χ0) is 12.4. The quantitative estimate of drug-likeness (QED) is 0.874. The zero-order valence-electron chi connectivity index (χ0n) is 10.3. The van der Waals surface area contributed by atoms with Crippen molar-refractivity contribution in [3.05, 3.63) is 29.3 Å². The van der Waals surface area contributed by atoms with E-state index in [9.17, 15) is 4.79 Å². The van der Waals surface area contributed by atoms with Crippen molar-refractivity contribution in [1.29, 1.82) is 0 Å². The Kier molecular flexibility index (Phi) is 3.52. The van der Waals surface area contributed by atoms with Gasteiger partial charge in [0, 0.05) is 0 Å². The summed E-state index contributed by atoms with van der Waals surface area (Å²) in [4.78, 5) is 16.0. The van der Waals surface area contributed by atoms with Crippen molar-refractivity contribution in [2.75, 3.05) is 0 Å². The number of thioether (sulfide) groups is 1. The van der Waals surface area contributed by atoms with Gasteiger partial charge in [0.05, 0.1) is 10.9 Å². The summed E-state index contributed by atoms with van der Waals surface area (Å²) < 4.78 is 0. The van der Waals surface area contributed by atoms with Crippen LogP contribution in [0.5, 0.6) is 0 Å². The molecule has 1 heterocycles. The van der Waals surface area contributed by atoms with Gasteiger partial charge in [0.2, 0.25) is 5.91 Å². The van der Waals surface area contributed by atoms with Gasteiger partial charge in [-0.3, -0.25) is 4.79 Å². The lowest BCUT2D eigenvalue weighted by atomic mass is 10.1. The van der Waals surface area contributed by atoms with E-state index in [0.717, 1.165) is 17.7 Å². The number of aryl methyl sites for hydroxylation is 2. The van der Waals surface area contributed by atoms with Gasteiger partial charge >= 0.3 is 0 Å². The minimum absolute atomic E-state index is 0.0134. The number of nitrogens with zero attached hydrogens (tertiary/aromatic N) is 1. The Bertz CT molecular complexity index is 482. The van der Waals surface area contributed by atoms with Crippen molar-refractivity contribution < 1.29 is 4.79 Å². The minimum atomic E-state index is 0.0134. The molecule has 4 heteroatoms. The van der Waals surface area contributed by atoms with Crippen molar-refractivity contribution in [2.45, 2.75) is 32.4 Å². The molecule has 17 heavy (non-hydrogen) atoms. The van der Waals surface area contributed by atoms with Crippen LogP contribution in [0.1, 0.15) is 24.5 Å². The van der Waals surface area contributed by atoms with Gasteiger partial charge in [0.1, 0.15) is 0 Å². The van der Waals surface area contributed by atoms with Gasteiger partial charge in [-0.1, -0.05) is 36.4 Å². The molecule has 1 aliphatic heterocycles. The second-order valence-corrected chi connectivity index (χ2v) is 5.40. The van der Waals surface area contributed by atoms with Crippen LogP contribution in [0.2, 0.25) is 0 Å². The summed E-state index contributed by atoms with van der Waals surface area (Å²) in [5.41, 5.74) is 3.28. The van der Waals surface area contributed by atoms with E-state index in [2.05, 4.69) is 23.3 Å². The van der Waals surface area contributed by atoms with Gasteiger partial charge in [-0.05, 0) is 31.9 Å². The summed E-state index contributed by atoms with van der Waals surface area (Å²) in [6.07, 6.45) is 0.836. The summed E-state index contributed by atoms with van der Waals surface area (Å²) in [5, 5.41) is 3.55. The number of rotatable bonds is 2. The van der Waals surface area contributed by atoms with Crippen molar-refractivity contribution >= 4 is 28.5 Å². The Morgan fingerprint density at radius 3 is 2.76 bits per heavy atom. The van der Waals surface area contributed by atoms with Gasteiger partial charge in [-0.15, -0.1) is 0 Å². The normalized spacial score (nSPS) is 21.9. The Hall–Kier alpha value is -1.29. The molecular weight excluding hydrogens is 232 g/mol. The number of nitrogens with one attached hydrogen (secondary N) is 1. The molecule has 1 atom stereocenters. The van der Waals surface area contributed by atoms with Gasteiger partial charge in [-0.2, -0.15) is 0 Å². The molecule has 3 nitrogen and oxygen atoms in total. The second kappa shape index (κ2) is 4.92. The molecule has 0 unspecified atom stereocenters. The topological polar surface area (TPSA) is 41.5 Å². The summed E-state index contributed by atoms with van der Waals surface area (Å²) >= 11 is 1.52. The lowest BCUT2D eigenvalue weighted by Crippen LogP contribution is -2.24. The standard InChI is InChI=1S/C13H16N2OS/c1-4-11-12(16)15-13(17-11)14-10-6-5-8(2)7-9(10)3/h5-7,11H,4H2,1-3H3,(H,14,15,16)/t11-/m0/s1. The van der Waals surface area contributed by atoms with E-state index >= 15 is 0 Å². The van der Waals surface area contributed by atoms with Crippen LogP contribution in [0.3, 0.4) is 0 Å². The lowest BCUT2D eigenvalue weighted by molar-refractivity contribution is -0.118. The molecule has 0 radical (unpaired) electrons. The monoisotopic (exact) mass is 248 g/mol. The minimum Gasteiger partial charge on any atom is -0.304 e. The predicted octanol–water partition coefficient (Wildman–Crippen LogP) is 2.93. The highest BCUT2D eigenvalue weighted by Crippen LogP contribution is 2.26. The summed E-state index contributed by atoms with van der Waals surface area (Å²) in [6.45, 7) is 6.10. The van der Waals surface area contributed by atoms with E-state index in [4.69, 9.17) is 0 Å². The predicted molar refractivity (Wildman–Crippen MR) is 72.8 cm³/mol. The summed E-state index contributed by atoms with van der Waals surface area (Å²) in [6, 6.07) is 6.12. The molecule has 0 saturated carbocycles. The largest absolute Gasteiger partial charge is 0.304 e. The Labute approximate surface area is 106 Å². The van der Waals surface area contributed by atoms with Crippen LogP contribution in [0, 0.1) is 13.8 Å².